The largest absolute Gasteiger partial charge is 0.478 e. The van der Waals surface area contributed by atoms with Gasteiger partial charge in [0.2, 0.25) is 5.88 Å². The van der Waals surface area contributed by atoms with Crippen molar-refractivity contribution in [3.63, 3.8) is 0 Å². The number of carbonyl (C=O) groups excluding carboxylic acids is 1. The van der Waals surface area contributed by atoms with E-state index in [1.54, 1.807) is 12.1 Å². The van der Waals surface area contributed by atoms with Gasteiger partial charge in [0.05, 0.1) is 6.61 Å². The number of carbonyl (C=O) groups is 1. The van der Waals surface area contributed by atoms with E-state index in [1.807, 2.05) is 41.8 Å². The van der Waals surface area contributed by atoms with Crippen molar-refractivity contribution in [2.24, 2.45) is 5.92 Å². The van der Waals surface area contributed by atoms with Gasteiger partial charge in [-0.05, 0) is 44.3 Å². The Kier molecular flexibility index (Phi) is 6.89. The summed E-state index contributed by atoms with van der Waals surface area (Å²) < 4.78 is 5.79. The van der Waals surface area contributed by atoms with E-state index in [4.69, 9.17) is 4.74 Å². The van der Waals surface area contributed by atoms with E-state index in [0.717, 1.165) is 30.1 Å². The first kappa shape index (κ1) is 20.3. The summed E-state index contributed by atoms with van der Waals surface area (Å²) in [6.45, 7) is 2.81. The molecule has 1 fully saturated rings. The molecule has 30 heavy (non-hydrogen) atoms. The summed E-state index contributed by atoms with van der Waals surface area (Å²) in [6.07, 6.45) is 3.41. The van der Waals surface area contributed by atoms with Crippen molar-refractivity contribution in [3.05, 3.63) is 53.9 Å². The number of piperidine rings is 1. The van der Waals surface area contributed by atoms with Gasteiger partial charge in [0, 0.05) is 17.0 Å². The number of pyridine rings is 1. The van der Waals surface area contributed by atoms with E-state index in [-0.39, 0.29) is 6.03 Å². The Balaban J connectivity index is 1.27. The Hall–Kier alpha value is -2.97. The first-order valence-electron chi connectivity index (χ1n) is 10.2. The van der Waals surface area contributed by atoms with Crippen LogP contribution in [0.4, 0.5) is 16.4 Å². The van der Waals surface area contributed by atoms with Crippen molar-refractivity contribution in [2.45, 2.75) is 19.3 Å². The van der Waals surface area contributed by atoms with E-state index in [2.05, 4.69) is 25.9 Å². The summed E-state index contributed by atoms with van der Waals surface area (Å²) in [7, 11) is 0. The van der Waals surface area contributed by atoms with Gasteiger partial charge in [-0.3, -0.25) is 10.6 Å². The van der Waals surface area contributed by atoms with Crippen LogP contribution in [-0.4, -0.2) is 35.7 Å². The molecule has 8 heteroatoms. The van der Waals surface area contributed by atoms with Gasteiger partial charge in [-0.25, -0.2) is 9.78 Å². The minimum absolute atomic E-state index is 0.390. The van der Waals surface area contributed by atoms with E-state index in [1.165, 1.54) is 24.2 Å². The lowest BCUT2D eigenvalue weighted by Gasteiger charge is -2.22. The Morgan fingerprint density at radius 1 is 1.03 bits per heavy atom. The van der Waals surface area contributed by atoms with Crippen LogP contribution in [-0.2, 0) is 0 Å². The fourth-order valence-electron chi connectivity index (χ4n) is 3.37. The molecule has 3 N–H and O–H groups in total. The number of thiazole rings is 1. The van der Waals surface area contributed by atoms with Crippen molar-refractivity contribution in [1.82, 2.24) is 15.3 Å². The van der Waals surface area contributed by atoms with E-state index >= 15 is 0 Å². The van der Waals surface area contributed by atoms with Crippen molar-refractivity contribution in [2.75, 3.05) is 30.3 Å². The number of hydrogen-bond donors (Lipinski definition) is 3. The Bertz CT molecular complexity index is 957. The lowest BCUT2D eigenvalue weighted by atomic mass is 9.95. The fraction of sp³-hybridized carbons (Fsp3) is 0.318. The highest BCUT2D eigenvalue weighted by Gasteiger charge is 2.13. The normalized spacial score (nSPS) is 14.3. The molecule has 1 aliphatic heterocycles. The Morgan fingerprint density at radius 3 is 2.67 bits per heavy atom. The molecule has 3 aromatic rings. The molecular formula is C22H25N5O2S. The number of aromatic nitrogens is 2. The SMILES string of the molecule is O=C(Nc1cccc(OCCC2CCNCC2)n1)Nc1csc(-c2ccccc2)n1. The molecule has 1 saturated heterocycles. The highest BCUT2D eigenvalue weighted by Crippen LogP contribution is 2.25. The molecule has 0 saturated carbocycles. The zero-order valence-electron chi connectivity index (χ0n) is 16.6. The van der Waals surface area contributed by atoms with E-state index in [0.29, 0.717) is 30.0 Å². The number of amides is 2. The standard InChI is InChI=1S/C22H25N5O2S/c28-22(27-19-15-30-21(25-19)17-5-2-1-3-6-17)26-18-7-4-8-20(24-18)29-14-11-16-9-12-23-13-10-16/h1-8,15-16,23H,9-14H2,(H2,24,26,27,28). The lowest BCUT2D eigenvalue weighted by molar-refractivity contribution is 0.245. The number of benzene rings is 1. The zero-order chi connectivity index (χ0) is 20.6. The molecule has 4 rings (SSSR count). The summed E-state index contributed by atoms with van der Waals surface area (Å²) in [6, 6.07) is 14.8. The number of anilines is 2. The summed E-state index contributed by atoms with van der Waals surface area (Å²) >= 11 is 1.48. The summed E-state index contributed by atoms with van der Waals surface area (Å²) in [4.78, 5) is 21.1. The van der Waals surface area contributed by atoms with Crippen LogP contribution in [0.1, 0.15) is 19.3 Å². The van der Waals surface area contributed by atoms with Crippen LogP contribution in [0.3, 0.4) is 0 Å². The molecule has 0 unspecified atom stereocenters. The molecular weight excluding hydrogens is 398 g/mol. The lowest BCUT2D eigenvalue weighted by Crippen LogP contribution is -2.28. The summed E-state index contributed by atoms with van der Waals surface area (Å²) in [5.41, 5.74) is 1.02. The maximum Gasteiger partial charge on any atom is 0.326 e. The smallest absolute Gasteiger partial charge is 0.326 e. The second kappa shape index (κ2) is 10.2. The van der Waals surface area contributed by atoms with Crippen LogP contribution in [0.25, 0.3) is 10.6 Å². The molecule has 0 aliphatic carbocycles. The number of ether oxygens (including phenoxy) is 1. The van der Waals surface area contributed by atoms with E-state index < -0.39 is 0 Å². The minimum atomic E-state index is -0.390. The topological polar surface area (TPSA) is 88.2 Å². The van der Waals surface area contributed by atoms with Gasteiger partial charge in [0.15, 0.2) is 0 Å². The van der Waals surface area contributed by atoms with Gasteiger partial charge in [-0.2, -0.15) is 4.98 Å². The third kappa shape index (κ3) is 5.77. The molecule has 0 atom stereocenters. The molecule has 156 valence electrons. The van der Waals surface area contributed by atoms with Crippen molar-refractivity contribution >= 4 is 29.0 Å². The maximum atomic E-state index is 12.3. The molecule has 2 amide bonds. The molecule has 3 heterocycles. The van der Waals surface area contributed by atoms with Crippen LogP contribution >= 0.6 is 11.3 Å². The predicted octanol–water partition coefficient (Wildman–Crippen LogP) is 4.62. The first-order valence-corrected chi connectivity index (χ1v) is 11.0. The molecule has 2 aromatic heterocycles. The van der Waals surface area contributed by atoms with Crippen LogP contribution in [0.15, 0.2) is 53.9 Å². The number of urea groups is 1. The molecule has 7 nitrogen and oxygen atoms in total. The number of rotatable bonds is 7. The third-order valence-electron chi connectivity index (χ3n) is 4.97. The monoisotopic (exact) mass is 423 g/mol. The highest BCUT2D eigenvalue weighted by molar-refractivity contribution is 7.13. The Labute approximate surface area is 179 Å². The second-order valence-electron chi connectivity index (χ2n) is 7.17. The van der Waals surface area contributed by atoms with Gasteiger partial charge in [-0.1, -0.05) is 36.4 Å². The molecule has 0 bridgehead atoms. The van der Waals surface area contributed by atoms with Gasteiger partial charge >= 0.3 is 6.03 Å². The van der Waals surface area contributed by atoms with Gasteiger partial charge in [0.25, 0.3) is 0 Å². The quantitative estimate of drug-likeness (QED) is 0.516. The van der Waals surface area contributed by atoms with Gasteiger partial charge in [-0.15, -0.1) is 11.3 Å². The molecule has 0 spiro atoms. The number of nitrogens with one attached hydrogen (secondary N) is 3. The van der Waals surface area contributed by atoms with Crippen molar-refractivity contribution in [1.29, 1.82) is 0 Å². The number of hydrogen-bond acceptors (Lipinski definition) is 6. The zero-order valence-corrected chi connectivity index (χ0v) is 17.5. The minimum Gasteiger partial charge on any atom is -0.478 e. The van der Waals surface area contributed by atoms with E-state index in [9.17, 15) is 4.79 Å². The van der Waals surface area contributed by atoms with Crippen LogP contribution in [0, 0.1) is 5.92 Å². The Morgan fingerprint density at radius 2 is 1.83 bits per heavy atom. The summed E-state index contributed by atoms with van der Waals surface area (Å²) in [5, 5.41) is 11.5. The second-order valence-corrected chi connectivity index (χ2v) is 8.03. The average Bonchev–Trinajstić information content (AvgIpc) is 3.24. The van der Waals surface area contributed by atoms with Crippen molar-refractivity contribution < 1.29 is 9.53 Å². The van der Waals surface area contributed by atoms with Crippen LogP contribution in [0.5, 0.6) is 5.88 Å². The molecule has 1 aromatic carbocycles. The number of nitrogens with zero attached hydrogens (tertiary/aromatic N) is 2. The predicted molar refractivity (Wildman–Crippen MR) is 120 cm³/mol. The average molecular weight is 424 g/mol. The van der Waals surface area contributed by atoms with Crippen LogP contribution < -0.4 is 20.7 Å². The van der Waals surface area contributed by atoms with Crippen molar-refractivity contribution in [3.8, 4) is 16.5 Å². The third-order valence-corrected chi connectivity index (χ3v) is 5.86. The molecule has 1 aliphatic rings. The van der Waals surface area contributed by atoms with Crippen LogP contribution in [0.2, 0.25) is 0 Å². The summed E-state index contributed by atoms with van der Waals surface area (Å²) in [5.74, 6) is 2.16. The van der Waals surface area contributed by atoms with Gasteiger partial charge < -0.3 is 10.1 Å². The highest BCUT2D eigenvalue weighted by atomic mass is 32.1. The first-order chi connectivity index (χ1) is 14.8. The molecule has 0 radical (unpaired) electrons. The maximum absolute atomic E-state index is 12.3. The van der Waals surface area contributed by atoms with Gasteiger partial charge in [0.1, 0.15) is 16.6 Å². The fourth-order valence-corrected chi connectivity index (χ4v) is 4.13.